The van der Waals surface area contributed by atoms with Crippen LogP contribution in [-0.4, -0.2) is 29.1 Å². The molecule has 0 spiro atoms. The van der Waals surface area contributed by atoms with E-state index in [1.54, 1.807) is 0 Å². The first-order valence-corrected chi connectivity index (χ1v) is 6.98. The highest BCUT2D eigenvalue weighted by Gasteiger charge is 2.61. The van der Waals surface area contributed by atoms with Gasteiger partial charge in [-0.3, -0.25) is 4.79 Å². The predicted octanol–water partition coefficient (Wildman–Crippen LogP) is 1.47. The summed E-state index contributed by atoms with van der Waals surface area (Å²) in [5.41, 5.74) is -0.429. The summed E-state index contributed by atoms with van der Waals surface area (Å²) in [6.45, 7) is 7.70. The molecule has 3 fully saturated rings. The number of carbonyl (C=O) groups excluding carboxylic acids is 2. The highest BCUT2D eigenvalue weighted by molar-refractivity contribution is 5.92. The highest BCUT2D eigenvalue weighted by Crippen LogP contribution is 2.55. The van der Waals surface area contributed by atoms with Gasteiger partial charge in [-0.25, -0.2) is 4.79 Å². The third-order valence-corrected chi connectivity index (χ3v) is 5.62. The Bertz CT molecular complexity index is 469. The lowest BCUT2D eigenvalue weighted by Gasteiger charge is -2.37. The maximum Gasteiger partial charge on any atom is 0.334 e. The number of rotatable bonds is 0. The van der Waals surface area contributed by atoms with E-state index in [9.17, 15) is 14.7 Å². The Morgan fingerprint density at radius 2 is 2.11 bits per heavy atom. The van der Waals surface area contributed by atoms with Gasteiger partial charge in [0, 0.05) is 12.0 Å². The molecule has 2 aliphatic carbocycles. The van der Waals surface area contributed by atoms with E-state index >= 15 is 0 Å². The van der Waals surface area contributed by atoms with Crippen molar-refractivity contribution < 1.29 is 19.4 Å². The smallest absolute Gasteiger partial charge is 0.334 e. The Hall–Kier alpha value is -1.16. The second kappa shape index (κ2) is 3.92. The number of aliphatic hydroxyl groups is 1. The molecular weight excluding hydrogens is 244 g/mol. The Balaban J connectivity index is 2.07. The Morgan fingerprint density at radius 3 is 2.79 bits per heavy atom. The lowest BCUT2D eigenvalue weighted by Crippen LogP contribution is -2.46. The standard InChI is InChI=1S/C15H20O4/c1-7-6-10-12(8(2)14(18)19-10)13(17)15(3)9(7)4-5-11(15)16/h7,9-10,12-13,17H,2,4-6H2,1,3H3/t7-,9+,10+,12-,13-,15+/m1/s1. The van der Waals surface area contributed by atoms with E-state index in [0.29, 0.717) is 18.4 Å². The Labute approximate surface area is 112 Å². The molecule has 0 aromatic rings. The van der Waals surface area contributed by atoms with Crippen molar-refractivity contribution in [3.05, 3.63) is 12.2 Å². The average Bonchev–Trinajstić information content (AvgIpc) is 2.77. The summed E-state index contributed by atoms with van der Waals surface area (Å²) >= 11 is 0. The molecule has 1 N–H and O–H groups in total. The van der Waals surface area contributed by atoms with Gasteiger partial charge < -0.3 is 9.84 Å². The van der Waals surface area contributed by atoms with Gasteiger partial charge in [0.05, 0.1) is 17.4 Å². The number of Topliss-reactive ketones (excluding diaryl/α,β-unsaturated/α-hetero) is 1. The van der Waals surface area contributed by atoms with E-state index in [0.717, 1.165) is 6.42 Å². The highest BCUT2D eigenvalue weighted by atomic mass is 16.6. The molecule has 0 amide bonds. The second-order valence-electron chi connectivity index (χ2n) is 6.50. The lowest BCUT2D eigenvalue weighted by molar-refractivity contribution is -0.140. The molecule has 4 heteroatoms. The van der Waals surface area contributed by atoms with Gasteiger partial charge in [-0.05, 0) is 31.6 Å². The van der Waals surface area contributed by atoms with Crippen LogP contribution in [-0.2, 0) is 14.3 Å². The molecule has 19 heavy (non-hydrogen) atoms. The van der Waals surface area contributed by atoms with Crippen molar-refractivity contribution in [2.75, 3.05) is 0 Å². The Kier molecular flexibility index (Phi) is 2.65. The summed E-state index contributed by atoms with van der Waals surface area (Å²) in [6.07, 6.45) is 0.885. The third-order valence-electron chi connectivity index (χ3n) is 5.62. The number of esters is 1. The fourth-order valence-electron chi connectivity index (χ4n) is 4.46. The SMILES string of the molecule is C=C1C(=O)O[C@H]2C[C@@H](C)[C@@H]3CCC(=O)[C@@]3(C)[C@H](O)[C@H]12. The van der Waals surface area contributed by atoms with Crippen molar-refractivity contribution in [3.8, 4) is 0 Å². The van der Waals surface area contributed by atoms with Crippen LogP contribution in [0.2, 0.25) is 0 Å². The van der Waals surface area contributed by atoms with Gasteiger partial charge >= 0.3 is 5.97 Å². The molecule has 104 valence electrons. The first-order chi connectivity index (χ1) is 8.87. The van der Waals surface area contributed by atoms with Gasteiger partial charge in [0.2, 0.25) is 0 Å². The molecule has 0 aromatic heterocycles. The van der Waals surface area contributed by atoms with Crippen molar-refractivity contribution >= 4 is 11.8 Å². The monoisotopic (exact) mass is 264 g/mol. The molecule has 2 saturated carbocycles. The van der Waals surface area contributed by atoms with Crippen LogP contribution < -0.4 is 0 Å². The number of hydrogen-bond donors (Lipinski definition) is 1. The van der Waals surface area contributed by atoms with Gasteiger partial charge in [-0.15, -0.1) is 0 Å². The molecule has 6 atom stereocenters. The first kappa shape index (κ1) is 12.9. The molecule has 3 aliphatic rings. The third kappa shape index (κ3) is 1.49. The molecular formula is C15H20O4. The fourth-order valence-corrected chi connectivity index (χ4v) is 4.46. The fraction of sp³-hybridized carbons (Fsp3) is 0.733. The predicted molar refractivity (Wildman–Crippen MR) is 68.1 cm³/mol. The van der Waals surface area contributed by atoms with Gasteiger partial charge in [0.1, 0.15) is 11.9 Å². The quantitative estimate of drug-likeness (QED) is 0.531. The van der Waals surface area contributed by atoms with E-state index in [1.807, 2.05) is 6.92 Å². The van der Waals surface area contributed by atoms with Crippen molar-refractivity contribution in [1.82, 2.24) is 0 Å². The number of carbonyl (C=O) groups is 2. The number of aliphatic hydroxyl groups excluding tert-OH is 1. The maximum absolute atomic E-state index is 12.3. The van der Waals surface area contributed by atoms with Crippen LogP contribution in [0.4, 0.5) is 0 Å². The van der Waals surface area contributed by atoms with Gasteiger partial charge in [0.25, 0.3) is 0 Å². The number of fused-ring (bicyclic) bond motifs is 2. The van der Waals surface area contributed by atoms with Crippen LogP contribution in [0.15, 0.2) is 12.2 Å². The van der Waals surface area contributed by atoms with Gasteiger partial charge in [-0.1, -0.05) is 13.5 Å². The topological polar surface area (TPSA) is 63.6 Å². The van der Waals surface area contributed by atoms with Crippen LogP contribution >= 0.6 is 0 Å². The van der Waals surface area contributed by atoms with Gasteiger partial charge in [-0.2, -0.15) is 0 Å². The summed E-state index contributed by atoms with van der Waals surface area (Å²) < 4.78 is 5.33. The number of ether oxygens (including phenoxy) is 1. The summed E-state index contributed by atoms with van der Waals surface area (Å²) in [7, 11) is 0. The second-order valence-corrected chi connectivity index (χ2v) is 6.50. The zero-order valence-electron chi connectivity index (χ0n) is 11.4. The van der Waals surface area contributed by atoms with E-state index in [2.05, 4.69) is 13.5 Å². The van der Waals surface area contributed by atoms with E-state index in [-0.39, 0.29) is 23.7 Å². The van der Waals surface area contributed by atoms with Crippen LogP contribution in [0.25, 0.3) is 0 Å². The van der Waals surface area contributed by atoms with Crippen LogP contribution in [0.1, 0.15) is 33.1 Å². The minimum absolute atomic E-state index is 0.115. The summed E-state index contributed by atoms with van der Waals surface area (Å²) in [6, 6.07) is 0. The molecule has 0 unspecified atom stereocenters. The van der Waals surface area contributed by atoms with Crippen molar-refractivity contribution in [3.63, 3.8) is 0 Å². The minimum atomic E-state index is -0.860. The zero-order valence-corrected chi connectivity index (χ0v) is 11.4. The summed E-state index contributed by atoms with van der Waals surface area (Å²) in [5.74, 6) is -0.294. The maximum atomic E-state index is 12.3. The molecule has 3 rings (SSSR count). The van der Waals surface area contributed by atoms with E-state index in [4.69, 9.17) is 4.74 Å². The normalized spacial score (nSPS) is 49.6. The lowest BCUT2D eigenvalue weighted by atomic mass is 9.68. The molecule has 0 aromatic carbocycles. The number of hydrogen-bond acceptors (Lipinski definition) is 4. The zero-order chi connectivity index (χ0) is 13.9. The Morgan fingerprint density at radius 1 is 1.42 bits per heavy atom. The van der Waals surface area contributed by atoms with Crippen molar-refractivity contribution in [2.24, 2.45) is 23.2 Å². The largest absolute Gasteiger partial charge is 0.458 e. The van der Waals surface area contributed by atoms with Gasteiger partial charge in [0.15, 0.2) is 0 Å². The van der Waals surface area contributed by atoms with Crippen LogP contribution in [0, 0.1) is 23.2 Å². The van der Waals surface area contributed by atoms with E-state index in [1.165, 1.54) is 0 Å². The molecule has 1 aliphatic heterocycles. The van der Waals surface area contributed by atoms with Crippen molar-refractivity contribution in [1.29, 1.82) is 0 Å². The molecule has 0 bridgehead atoms. The first-order valence-electron chi connectivity index (χ1n) is 6.98. The summed E-state index contributed by atoms with van der Waals surface area (Å²) in [4.78, 5) is 24.0. The van der Waals surface area contributed by atoms with Crippen LogP contribution in [0.3, 0.4) is 0 Å². The van der Waals surface area contributed by atoms with E-state index < -0.39 is 23.4 Å². The molecule has 1 heterocycles. The summed E-state index contributed by atoms with van der Waals surface area (Å²) in [5, 5.41) is 10.8. The molecule has 4 nitrogen and oxygen atoms in total. The van der Waals surface area contributed by atoms with Crippen molar-refractivity contribution in [2.45, 2.75) is 45.3 Å². The molecule has 1 saturated heterocycles. The molecule has 0 radical (unpaired) electrons. The average molecular weight is 264 g/mol. The van der Waals surface area contributed by atoms with Crippen LogP contribution in [0.5, 0.6) is 0 Å². The number of ketones is 1. The minimum Gasteiger partial charge on any atom is -0.458 e.